The Hall–Kier alpha value is -1.36. The third-order valence-electron chi connectivity index (χ3n) is 2.10. The van der Waals surface area contributed by atoms with E-state index in [-0.39, 0.29) is 0 Å². The van der Waals surface area contributed by atoms with Crippen LogP contribution in [0, 0.1) is 0 Å². The van der Waals surface area contributed by atoms with Crippen molar-refractivity contribution in [1.29, 1.82) is 0 Å². The molecule has 0 fully saturated rings. The van der Waals surface area contributed by atoms with Crippen LogP contribution in [0.1, 0.15) is 19.2 Å². The van der Waals surface area contributed by atoms with Crippen LogP contribution >= 0.6 is 15.9 Å². The molecule has 4 nitrogen and oxygen atoms in total. The molecule has 2 aromatic rings. The van der Waals surface area contributed by atoms with Crippen LogP contribution in [0.15, 0.2) is 27.1 Å². The fourth-order valence-electron chi connectivity index (χ4n) is 1.42. The molecule has 0 saturated heterocycles. The minimum Gasteiger partial charge on any atom is -0.421 e. The molecule has 0 spiro atoms. The first-order valence-electron chi connectivity index (χ1n) is 5.08. The molecule has 0 atom stereocenters. The van der Waals surface area contributed by atoms with Gasteiger partial charge in [0.25, 0.3) is 0 Å². The van der Waals surface area contributed by atoms with E-state index in [2.05, 4.69) is 33.1 Å². The van der Waals surface area contributed by atoms with Crippen LogP contribution in [0.2, 0.25) is 0 Å². The van der Waals surface area contributed by atoms with Gasteiger partial charge < -0.3 is 10.2 Å². The molecule has 0 aliphatic carbocycles. The van der Waals surface area contributed by atoms with Crippen LogP contribution in [0.25, 0.3) is 11.5 Å². The number of benzene rings is 1. The number of hydrogen-bond donors (Lipinski definition) is 1. The van der Waals surface area contributed by atoms with E-state index in [1.807, 2.05) is 18.2 Å². The van der Waals surface area contributed by atoms with Crippen molar-refractivity contribution < 1.29 is 4.42 Å². The Bertz CT molecular complexity index is 475. The van der Waals surface area contributed by atoms with Crippen molar-refractivity contribution >= 4 is 21.6 Å². The zero-order valence-electron chi connectivity index (χ0n) is 8.90. The Balaban J connectivity index is 2.34. The van der Waals surface area contributed by atoms with Crippen LogP contribution < -0.4 is 5.73 Å². The summed E-state index contributed by atoms with van der Waals surface area (Å²) in [5.74, 6) is 1.17. The average Bonchev–Trinajstić information content (AvgIpc) is 2.65. The van der Waals surface area contributed by atoms with E-state index >= 15 is 0 Å². The summed E-state index contributed by atoms with van der Waals surface area (Å²) in [6.07, 6.45) is 1.79. The third kappa shape index (κ3) is 2.41. The van der Waals surface area contributed by atoms with E-state index in [0.717, 1.165) is 22.9 Å². The maximum Gasteiger partial charge on any atom is 0.247 e. The summed E-state index contributed by atoms with van der Waals surface area (Å²) >= 11 is 3.38. The van der Waals surface area contributed by atoms with Gasteiger partial charge in [0.15, 0.2) is 0 Å². The highest BCUT2D eigenvalue weighted by atomic mass is 79.9. The minimum absolute atomic E-state index is 0.511. The van der Waals surface area contributed by atoms with E-state index in [4.69, 9.17) is 10.2 Å². The Labute approximate surface area is 102 Å². The van der Waals surface area contributed by atoms with Gasteiger partial charge in [0.2, 0.25) is 11.8 Å². The third-order valence-corrected chi connectivity index (χ3v) is 2.56. The first-order chi connectivity index (χ1) is 7.69. The molecule has 2 rings (SSSR count). The second-order valence-corrected chi connectivity index (χ2v) is 4.44. The predicted molar refractivity (Wildman–Crippen MR) is 65.8 cm³/mol. The van der Waals surface area contributed by atoms with E-state index in [1.165, 1.54) is 0 Å². The largest absolute Gasteiger partial charge is 0.421 e. The highest BCUT2D eigenvalue weighted by Crippen LogP contribution is 2.25. The highest BCUT2D eigenvalue weighted by Gasteiger charge is 2.08. The molecule has 2 N–H and O–H groups in total. The van der Waals surface area contributed by atoms with Crippen molar-refractivity contribution in [1.82, 2.24) is 10.2 Å². The van der Waals surface area contributed by atoms with Crippen molar-refractivity contribution in [2.75, 3.05) is 5.73 Å². The summed E-state index contributed by atoms with van der Waals surface area (Å²) in [5, 5.41) is 7.96. The summed E-state index contributed by atoms with van der Waals surface area (Å²) < 4.78 is 6.42. The Morgan fingerprint density at radius 1 is 1.31 bits per heavy atom. The Morgan fingerprint density at radius 2 is 2.12 bits per heavy atom. The van der Waals surface area contributed by atoms with Crippen LogP contribution in [-0.2, 0) is 6.42 Å². The lowest BCUT2D eigenvalue weighted by atomic mass is 10.2. The fraction of sp³-hybridized carbons (Fsp3) is 0.273. The van der Waals surface area contributed by atoms with Crippen molar-refractivity contribution in [3.05, 3.63) is 28.6 Å². The number of hydrogen-bond acceptors (Lipinski definition) is 4. The molecule has 1 aromatic carbocycles. The number of nitrogen functional groups attached to an aromatic ring is 1. The SMILES string of the molecule is CCCc1nnc(-c2cc(N)cc(Br)c2)o1. The molecule has 0 radical (unpaired) electrons. The normalized spacial score (nSPS) is 10.6. The quantitative estimate of drug-likeness (QED) is 0.879. The number of aromatic nitrogens is 2. The van der Waals surface area contributed by atoms with Gasteiger partial charge in [-0.1, -0.05) is 22.9 Å². The lowest BCUT2D eigenvalue weighted by molar-refractivity contribution is 0.502. The number of anilines is 1. The van der Waals surface area contributed by atoms with E-state index in [9.17, 15) is 0 Å². The van der Waals surface area contributed by atoms with E-state index in [0.29, 0.717) is 17.5 Å². The molecule has 16 heavy (non-hydrogen) atoms. The maximum atomic E-state index is 5.74. The van der Waals surface area contributed by atoms with Crippen molar-refractivity contribution in [3.63, 3.8) is 0 Å². The van der Waals surface area contributed by atoms with Crippen molar-refractivity contribution in [2.24, 2.45) is 0 Å². The first-order valence-corrected chi connectivity index (χ1v) is 5.87. The standard InChI is InChI=1S/C11H12BrN3O/c1-2-3-10-14-15-11(16-10)7-4-8(12)6-9(13)5-7/h4-6H,2-3,13H2,1H3. The molecule has 1 aromatic heterocycles. The molecular formula is C11H12BrN3O. The summed E-state index contributed by atoms with van der Waals surface area (Å²) in [4.78, 5) is 0. The maximum absolute atomic E-state index is 5.74. The number of rotatable bonds is 3. The van der Waals surface area contributed by atoms with Gasteiger partial charge in [-0.15, -0.1) is 10.2 Å². The number of halogens is 1. The van der Waals surface area contributed by atoms with E-state index in [1.54, 1.807) is 0 Å². The van der Waals surface area contributed by atoms with Gasteiger partial charge in [-0.3, -0.25) is 0 Å². The van der Waals surface area contributed by atoms with Crippen LogP contribution in [-0.4, -0.2) is 10.2 Å². The van der Waals surface area contributed by atoms with Gasteiger partial charge in [0.05, 0.1) is 0 Å². The smallest absolute Gasteiger partial charge is 0.247 e. The average molecular weight is 282 g/mol. The van der Waals surface area contributed by atoms with Crippen LogP contribution in [0.5, 0.6) is 0 Å². The zero-order valence-corrected chi connectivity index (χ0v) is 10.5. The lowest BCUT2D eigenvalue weighted by Crippen LogP contribution is -1.86. The molecule has 84 valence electrons. The molecule has 0 unspecified atom stereocenters. The monoisotopic (exact) mass is 281 g/mol. The van der Waals surface area contributed by atoms with Gasteiger partial charge in [-0.05, 0) is 24.6 Å². The second-order valence-electron chi connectivity index (χ2n) is 3.52. The molecule has 0 bridgehead atoms. The molecule has 5 heteroatoms. The molecule has 0 aliphatic heterocycles. The summed E-state index contributed by atoms with van der Waals surface area (Å²) in [7, 11) is 0. The number of nitrogens with two attached hydrogens (primary N) is 1. The van der Waals surface area contributed by atoms with E-state index < -0.39 is 0 Å². The molecule has 0 saturated carbocycles. The highest BCUT2D eigenvalue weighted by molar-refractivity contribution is 9.10. The van der Waals surface area contributed by atoms with Gasteiger partial charge in [0.1, 0.15) is 0 Å². The molecular weight excluding hydrogens is 270 g/mol. The molecule has 1 heterocycles. The number of aryl methyl sites for hydroxylation is 1. The zero-order chi connectivity index (χ0) is 11.5. The van der Waals surface area contributed by atoms with Crippen LogP contribution in [0.4, 0.5) is 5.69 Å². The second kappa shape index (κ2) is 4.65. The van der Waals surface area contributed by atoms with Gasteiger partial charge >= 0.3 is 0 Å². The van der Waals surface area contributed by atoms with Crippen molar-refractivity contribution in [2.45, 2.75) is 19.8 Å². The van der Waals surface area contributed by atoms with Gasteiger partial charge in [-0.25, -0.2) is 0 Å². The summed E-state index contributed by atoms with van der Waals surface area (Å²) in [6, 6.07) is 5.54. The Morgan fingerprint density at radius 3 is 2.81 bits per heavy atom. The topological polar surface area (TPSA) is 64.9 Å². The van der Waals surface area contributed by atoms with Gasteiger partial charge in [0, 0.05) is 22.1 Å². The summed E-state index contributed by atoms with van der Waals surface area (Å²) in [6.45, 7) is 2.07. The summed E-state index contributed by atoms with van der Waals surface area (Å²) in [5.41, 5.74) is 7.24. The fourth-order valence-corrected chi connectivity index (χ4v) is 1.93. The molecule has 0 amide bonds. The van der Waals surface area contributed by atoms with Gasteiger partial charge in [-0.2, -0.15) is 0 Å². The first kappa shape index (κ1) is 11.1. The van der Waals surface area contributed by atoms with Crippen molar-refractivity contribution in [3.8, 4) is 11.5 Å². The lowest BCUT2D eigenvalue weighted by Gasteiger charge is -1.98. The predicted octanol–water partition coefficient (Wildman–Crippen LogP) is 3.03. The van der Waals surface area contributed by atoms with Crippen LogP contribution in [0.3, 0.4) is 0 Å². The molecule has 0 aliphatic rings. The Kier molecular flexibility index (Phi) is 3.24. The number of nitrogens with zero attached hydrogens (tertiary/aromatic N) is 2. The minimum atomic E-state index is 0.511.